The van der Waals surface area contributed by atoms with E-state index in [0.717, 1.165) is 16.7 Å². The van der Waals surface area contributed by atoms with Crippen LogP contribution in [0.25, 0.3) is 10.9 Å². The Balaban J connectivity index is 2.36. The molecule has 0 atom stereocenters. The average Bonchev–Trinajstić information content (AvgIpc) is 2.79. The predicted molar refractivity (Wildman–Crippen MR) is 66.3 cm³/mol. The third-order valence-electron chi connectivity index (χ3n) is 2.87. The monoisotopic (exact) mass is 235 g/mol. The second-order valence-corrected chi connectivity index (χ2v) is 3.76. The maximum Gasteiger partial charge on any atom is 0.174 e. The van der Waals surface area contributed by atoms with Crippen LogP contribution in [-0.2, 0) is 16.0 Å². The topological polar surface area (TPSA) is 32.6 Å². The van der Waals surface area contributed by atoms with Crippen molar-refractivity contribution in [3.05, 3.63) is 30.5 Å². The van der Waals surface area contributed by atoms with E-state index < -0.39 is 0 Å². The molecule has 1 aromatic heterocycles. The molecule has 0 aliphatic carbocycles. The molecule has 0 bridgehead atoms. The molecule has 92 valence electrons. The molecular formula is C13H17NO3. The fourth-order valence-corrected chi connectivity index (χ4v) is 1.94. The van der Waals surface area contributed by atoms with E-state index in [9.17, 15) is 0 Å². The van der Waals surface area contributed by atoms with Gasteiger partial charge in [0.2, 0.25) is 0 Å². The zero-order valence-corrected chi connectivity index (χ0v) is 10.3. The molecule has 0 saturated heterocycles. The first-order valence-corrected chi connectivity index (χ1v) is 5.47. The number of hydrogen-bond acceptors (Lipinski definition) is 3. The van der Waals surface area contributed by atoms with E-state index in [1.165, 1.54) is 0 Å². The number of aromatic nitrogens is 1. The van der Waals surface area contributed by atoms with E-state index in [-0.39, 0.29) is 6.29 Å². The van der Waals surface area contributed by atoms with Gasteiger partial charge < -0.3 is 18.8 Å². The maximum atomic E-state index is 5.32. The van der Waals surface area contributed by atoms with Gasteiger partial charge in [0, 0.05) is 25.8 Å². The molecule has 2 rings (SSSR count). The van der Waals surface area contributed by atoms with Crippen LogP contribution in [0.15, 0.2) is 30.5 Å². The summed E-state index contributed by atoms with van der Waals surface area (Å²) in [5.74, 6) is 0.882. The zero-order valence-electron chi connectivity index (χ0n) is 10.3. The lowest BCUT2D eigenvalue weighted by molar-refractivity contribution is -0.110. The fraction of sp³-hybridized carbons (Fsp3) is 0.385. The van der Waals surface area contributed by atoms with Crippen molar-refractivity contribution in [2.45, 2.75) is 12.8 Å². The predicted octanol–water partition coefficient (Wildman–Crippen LogP) is 2.27. The Morgan fingerprint density at radius 2 is 1.88 bits per heavy atom. The third-order valence-corrected chi connectivity index (χ3v) is 2.87. The highest BCUT2D eigenvalue weighted by Crippen LogP contribution is 2.26. The van der Waals surface area contributed by atoms with Crippen LogP contribution in [0.5, 0.6) is 5.75 Å². The summed E-state index contributed by atoms with van der Waals surface area (Å²) in [6, 6.07) is 8.03. The van der Waals surface area contributed by atoms with Crippen molar-refractivity contribution in [1.29, 1.82) is 0 Å². The molecule has 0 aliphatic rings. The number of ether oxygens (including phenoxy) is 3. The normalized spacial score (nSPS) is 11.3. The number of methoxy groups -OCH3 is 3. The molecule has 0 unspecified atom stereocenters. The summed E-state index contributed by atoms with van der Waals surface area (Å²) in [6.07, 6.45) is 1.77. The summed E-state index contributed by atoms with van der Waals surface area (Å²) >= 11 is 0. The van der Waals surface area contributed by atoms with E-state index in [4.69, 9.17) is 14.2 Å². The Bertz CT molecular complexity index is 488. The van der Waals surface area contributed by atoms with E-state index in [0.29, 0.717) is 6.54 Å². The molecule has 0 spiro atoms. The lowest BCUT2D eigenvalue weighted by Gasteiger charge is -2.15. The summed E-state index contributed by atoms with van der Waals surface area (Å²) in [5, 5.41) is 1.10. The van der Waals surface area contributed by atoms with Crippen molar-refractivity contribution in [3.63, 3.8) is 0 Å². The summed E-state index contributed by atoms with van der Waals surface area (Å²) in [6.45, 7) is 0.656. The molecule has 17 heavy (non-hydrogen) atoms. The van der Waals surface area contributed by atoms with Gasteiger partial charge in [0.1, 0.15) is 5.75 Å². The van der Waals surface area contributed by atoms with Gasteiger partial charge in [0.25, 0.3) is 0 Å². The van der Waals surface area contributed by atoms with Crippen LogP contribution < -0.4 is 4.74 Å². The van der Waals surface area contributed by atoms with Crippen LogP contribution in [0, 0.1) is 0 Å². The first kappa shape index (κ1) is 12.0. The Labute approximate surface area is 101 Å². The average molecular weight is 235 g/mol. The van der Waals surface area contributed by atoms with Crippen LogP contribution >= 0.6 is 0 Å². The van der Waals surface area contributed by atoms with Gasteiger partial charge in [0.15, 0.2) is 6.29 Å². The van der Waals surface area contributed by atoms with Crippen LogP contribution in [0.1, 0.15) is 0 Å². The van der Waals surface area contributed by atoms with Crippen molar-refractivity contribution in [2.24, 2.45) is 0 Å². The van der Waals surface area contributed by atoms with Gasteiger partial charge in [-0.3, -0.25) is 0 Å². The second kappa shape index (κ2) is 5.21. The number of rotatable bonds is 5. The van der Waals surface area contributed by atoms with Gasteiger partial charge in [0.05, 0.1) is 19.2 Å². The summed E-state index contributed by atoms with van der Waals surface area (Å²) in [4.78, 5) is 0. The molecule has 2 aromatic rings. The molecule has 0 N–H and O–H groups in total. The molecular weight excluding hydrogens is 218 g/mol. The minimum Gasteiger partial charge on any atom is -0.496 e. The van der Waals surface area contributed by atoms with E-state index >= 15 is 0 Å². The third kappa shape index (κ3) is 2.28. The van der Waals surface area contributed by atoms with E-state index in [2.05, 4.69) is 10.6 Å². The zero-order chi connectivity index (χ0) is 12.3. The van der Waals surface area contributed by atoms with Crippen molar-refractivity contribution in [2.75, 3.05) is 21.3 Å². The highest BCUT2D eigenvalue weighted by molar-refractivity contribution is 5.86. The minimum atomic E-state index is -0.239. The molecule has 0 aliphatic heterocycles. The highest BCUT2D eigenvalue weighted by Gasteiger charge is 2.10. The van der Waals surface area contributed by atoms with Gasteiger partial charge in [-0.2, -0.15) is 0 Å². The van der Waals surface area contributed by atoms with E-state index in [1.807, 2.05) is 24.4 Å². The maximum absolute atomic E-state index is 5.32. The summed E-state index contributed by atoms with van der Waals surface area (Å²) < 4.78 is 17.8. The smallest absolute Gasteiger partial charge is 0.174 e. The molecule has 0 radical (unpaired) electrons. The Morgan fingerprint density at radius 1 is 1.12 bits per heavy atom. The molecule has 4 nitrogen and oxygen atoms in total. The molecule has 0 saturated carbocycles. The molecule has 4 heteroatoms. The van der Waals surface area contributed by atoms with Crippen LogP contribution in [0.3, 0.4) is 0 Å². The summed E-state index contributed by atoms with van der Waals surface area (Å²) in [7, 11) is 4.96. The number of benzene rings is 1. The summed E-state index contributed by atoms with van der Waals surface area (Å²) in [5.41, 5.74) is 1.11. The lowest BCUT2D eigenvalue weighted by atomic mass is 10.2. The standard InChI is InChI=1S/C13H17NO3/c1-15-12-6-4-5-11-10(12)7-8-14(11)9-13(16-2)17-3/h4-8,13H,9H2,1-3H3. The number of nitrogens with zero attached hydrogens (tertiary/aromatic N) is 1. The highest BCUT2D eigenvalue weighted by atomic mass is 16.7. The second-order valence-electron chi connectivity index (χ2n) is 3.76. The van der Waals surface area contributed by atoms with Gasteiger partial charge in [-0.25, -0.2) is 0 Å². The van der Waals surface area contributed by atoms with Crippen molar-refractivity contribution >= 4 is 10.9 Å². The van der Waals surface area contributed by atoms with Crippen molar-refractivity contribution in [1.82, 2.24) is 4.57 Å². The fourth-order valence-electron chi connectivity index (χ4n) is 1.94. The van der Waals surface area contributed by atoms with Crippen LogP contribution in [0.2, 0.25) is 0 Å². The Kier molecular flexibility index (Phi) is 3.66. The molecule has 0 amide bonds. The molecule has 1 heterocycles. The number of fused-ring (bicyclic) bond motifs is 1. The van der Waals surface area contributed by atoms with Crippen LogP contribution in [0.4, 0.5) is 0 Å². The largest absolute Gasteiger partial charge is 0.496 e. The molecule has 1 aromatic carbocycles. The first-order valence-electron chi connectivity index (χ1n) is 5.47. The van der Waals surface area contributed by atoms with E-state index in [1.54, 1.807) is 21.3 Å². The van der Waals surface area contributed by atoms with Gasteiger partial charge >= 0.3 is 0 Å². The van der Waals surface area contributed by atoms with Gasteiger partial charge in [-0.1, -0.05) is 6.07 Å². The SMILES string of the molecule is COc1cccc2c1ccn2CC(OC)OC. The Hall–Kier alpha value is -1.52. The Morgan fingerprint density at radius 3 is 2.53 bits per heavy atom. The first-order chi connectivity index (χ1) is 8.30. The minimum absolute atomic E-state index is 0.239. The molecule has 0 fully saturated rings. The quantitative estimate of drug-likeness (QED) is 0.745. The van der Waals surface area contributed by atoms with Gasteiger partial charge in [-0.05, 0) is 18.2 Å². The van der Waals surface area contributed by atoms with Crippen LogP contribution in [-0.4, -0.2) is 32.2 Å². The number of hydrogen-bond donors (Lipinski definition) is 0. The van der Waals surface area contributed by atoms with Gasteiger partial charge in [-0.15, -0.1) is 0 Å². The van der Waals surface area contributed by atoms with Crippen molar-refractivity contribution < 1.29 is 14.2 Å². The van der Waals surface area contributed by atoms with Crippen molar-refractivity contribution in [3.8, 4) is 5.75 Å². The lowest BCUT2D eigenvalue weighted by Crippen LogP contribution is -2.19.